The number of ether oxygens (including phenoxy) is 1. The predicted molar refractivity (Wildman–Crippen MR) is 89.6 cm³/mol. The van der Waals surface area contributed by atoms with Crippen molar-refractivity contribution in [1.82, 2.24) is 10.2 Å². The van der Waals surface area contributed by atoms with Crippen LogP contribution in [0.1, 0.15) is 13.8 Å². The quantitative estimate of drug-likeness (QED) is 0.789. The lowest BCUT2D eigenvalue weighted by atomic mass is 9.93. The molecule has 5 heteroatoms. The number of nitrogens with one attached hydrogen (secondary N) is 2. The van der Waals surface area contributed by atoms with Gasteiger partial charge in [0.05, 0.1) is 12.8 Å². The maximum absolute atomic E-state index is 5.33. The van der Waals surface area contributed by atoms with Crippen molar-refractivity contribution < 1.29 is 4.74 Å². The Bertz CT molecular complexity index is 446. The molecule has 0 fully saturated rings. The van der Waals surface area contributed by atoms with E-state index in [1.54, 1.807) is 7.11 Å². The number of rotatable bonds is 6. The van der Waals surface area contributed by atoms with Gasteiger partial charge in [-0.25, -0.2) is 0 Å². The molecule has 4 nitrogen and oxygen atoms in total. The first-order valence-electron chi connectivity index (χ1n) is 6.67. The van der Waals surface area contributed by atoms with Gasteiger partial charge in [0.1, 0.15) is 5.75 Å². The van der Waals surface area contributed by atoms with Crippen LogP contribution in [0.25, 0.3) is 0 Å². The Morgan fingerprint density at radius 2 is 1.95 bits per heavy atom. The minimum atomic E-state index is 0.149. The van der Waals surface area contributed by atoms with Crippen LogP contribution < -0.4 is 15.4 Å². The Hall–Kier alpha value is -1.33. The predicted octanol–water partition coefficient (Wildman–Crippen LogP) is 2.57. The molecule has 0 aliphatic heterocycles. The van der Waals surface area contributed by atoms with E-state index in [4.69, 9.17) is 17.0 Å². The van der Waals surface area contributed by atoms with Crippen molar-refractivity contribution in [2.24, 2.45) is 5.41 Å². The Morgan fingerprint density at radius 1 is 1.30 bits per heavy atom. The van der Waals surface area contributed by atoms with Crippen LogP contribution in [0.5, 0.6) is 5.75 Å². The molecule has 1 aromatic rings. The Labute approximate surface area is 127 Å². The second-order valence-corrected chi connectivity index (χ2v) is 6.32. The summed E-state index contributed by atoms with van der Waals surface area (Å²) < 4.78 is 5.29. The zero-order valence-corrected chi connectivity index (χ0v) is 13.8. The van der Waals surface area contributed by atoms with E-state index in [9.17, 15) is 0 Å². The zero-order chi connectivity index (χ0) is 15.2. The number of anilines is 1. The Morgan fingerprint density at radius 3 is 2.55 bits per heavy atom. The average Bonchev–Trinajstić information content (AvgIpc) is 2.36. The van der Waals surface area contributed by atoms with E-state index >= 15 is 0 Å². The molecule has 0 heterocycles. The summed E-state index contributed by atoms with van der Waals surface area (Å²) in [5, 5.41) is 7.05. The third-order valence-corrected chi connectivity index (χ3v) is 3.07. The Balaban J connectivity index is 2.52. The number of thiocarbonyl (C=S) groups is 1. The number of benzene rings is 1. The summed E-state index contributed by atoms with van der Waals surface area (Å²) in [6, 6.07) is 7.73. The van der Waals surface area contributed by atoms with Gasteiger partial charge in [0.2, 0.25) is 0 Å². The molecule has 0 aromatic heterocycles. The lowest BCUT2D eigenvalue weighted by Gasteiger charge is -2.29. The van der Waals surface area contributed by atoms with Crippen molar-refractivity contribution in [3.05, 3.63) is 24.3 Å². The van der Waals surface area contributed by atoms with E-state index in [2.05, 4.69) is 43.5 Å². The largest absolute Gasteiger partial charge is 0.495 e. The summed E-state index contributed by atoms with van der Waals surface area (Å²) in [5.74, 6) is 0.782. The van der Waals surface area contributed by atoms with E-state index in [0.717, 1.165) is 24.5 Å². The highest BCUT2D eigenvalue weighted by atomic mass is 32.1. The number of methoxy groups -OCH3 is 1. The van der Waals surface area contributed by atoms with E-state index in [-0.39, 0.29) is 5.41 Å². The summed E-state index contributed by atoms with van der Waals surface area (Å²) in [6.45, 7) is 6.24. The monoisotopic (exact) mass is 295 g/mol. The maximum atomic E-state index is 5.33. The molecule has 0 amide bonds. The number of para-hydroxylation sites is 2. The average molecular weight is 295 g/mol. The van der Waals surface area contributed by atoms with Crippen LogP contribution in [0.15, 0.2) is 24.3 Å². The molecule has 0 bridgehead atoms. The lowest BCUT2D eigenvalue weighted by Crippen LogP contribution is -2.41. The minimum absolute atomic E-state index is 0.149. The molecule has 1 aromatic carbocycles. The molecule has 2 N–H and O–H groups in total. The van der Waals surface area contributed by atoms with Gasteiger partial charge in [0.25, 0.3) is 0 Å². The standard InChI is InChI=1S/C15H25N3OS/c1-15(2,11-18(3)4)10-16-14(20)17-12-8-6-7-9-13(12)19-5/h6-9H,10-11H2,1-5H3,(H2,16,17,20). The SMILES string of the molecule is COc1ccccc1NC(=S)NCC(C)(C)CN(C)C. The third kappa shape index (κ3) is 5.75. The van der Waals surface area contributed by atoms with Gasteiger partial charge in [0.15, 0.2) is 5.11 Å². The fourth-order valence-electron chi connectivity index (χ4n) is 2.15. The highest BCUT2D eigenvalue weighted by Gasteiger charge is 2.19. The van der Waals surface area contributed by atoms with Gasteiger partial charge in [-0.2, -0.15) is 0 Å². The zero-order valence-electron chi connectivity index (χ0n) is 13.0. The van der Waals surface area contributed by atoms with Crippen molar-refractivity contribution in [3.8, 4) is 5.75 Å². The third-order valence-electron chi connectivity index (χ3n) is 2.83. The molecule has 0 saturated heterocycles. The first-order valence-corrected chi connectivity index (χ1v) is 7.07. The van der Waals surface area contributed by atoms with Crippen LogP contribution in [-0.4, -0.2) is 44.3 Å². The molecule has 0 unspecified atom stereocenters. The molecule has 20 heavy (non-hydrogen) atoms. The molecule has 0 saturated carbocycles. The van der Waals surface area contributed by atoms with E-state index in [0.29, 0.717) is 5.11 Å². The minimum Gasteiger partial charge on any atom is -0.495 e. The number of hydrogen-bond donors (Lipinski definition) is 2. The lowest BCUT2D eigenvalue weighted by molar-refractivity contribution is 0.242. The highest BCUT2D eigenvalue weighted by molar-refractivity contribution is 7.80. The van der Waals surface area contributed by atoms with Gasteiger partial charge in [-0.3, -0.25) is 0 Å². The summed E-state index contributed by atoms with van der Waals surface area (Å²) in [5.41, 5.74) is 1.02. The maximum Gasteiger partial charge on any atom is 0.170 e. The normalized spacial score (nSPS) is 11.3. The fourth-order valence-corrected chi connectivity index (χ4v) is 2.33. The van der Waals surface area contributed by atoms with Crippen LogP contribution >= 0.6 is 12.2 Å². The summed E-state index contributed by atoms with van der Waals surface area (Å²) >= 11 is 5.33. The molecule has 112 valence electrons. The second kappa shape index (κ2) is 7.45. The second-order valence-electron chi connectivity index (χ2n) is 5.91. The van der Waals surface area contributed by atoms with Crippen LogP contribution in [0.3, 0.4) is 0 Å². The molecular weight excluding hydrogens is 270 g/mol. The van der Waals surface area contributed by atoms with E-state index < -0.39 is 0 Å². The van der Waals surface area contributed by atoms with Crippen LogP contribution in [-0.2, 0) is 0 Å². The van der Waals surface area contributed by atoms with Crippen molar-refractivity contribution in [3.63, 3.8) is 0 Å². The molecule has 1 rings (SSSR count). The van der Waals surface area contributed by atoms with Gasteiger partial charge < -0.3 is 20.3 Å². The summed E-state index contributed by atoms with van der Waals surface area (Å²) in [7, 11) is 5.80. The molecule has 0 aliphatic carbocycles. The van der Waals surface area contributed by atoms with Gasteiger partial charge in [-0.15, -0.1) is 0 Å². The first kappa shape index (κ1) is 16.7. The topological polar surface area (TPSA) is 36.5 Å². The molecular formula is C15H25N3OS. The molecule has 0 atom stereocenters. The van der Waals surface area contributed by atoms with Crippen LogP contribution in [0, 0.1) is 5.41 Å². The van der Waals surface area contributed by atoms with Crippen molar-refractivity contribution in [2.75, 3.05) is 39.6 Å². The van der Waals surface area contributed by atoms with Gasteiger partial charge >= 0.3 is 0 Å². The molecule has 0 aliphatic rings. The first-order chi connectivity index (χ1) is 9.34. The summed E-state index contributed by atoms with van der Waals surface area (Å²) in [6.07, 6.45) is 0. The van der Waals surface area contributed by atoms with Crippen LogP contribution in [0.2, 0.25) is 0 Å². The van der Waals surface area contributed by atoms with Gasteiger partial charge in [0, 0.05) is 13.1 Å². The van der Waals surface area contributed by atoms with Gasteiger partial charge in [-0.1, -0.05) is 26.0 Å². The highest BCUT2D eigenvalue weighted by Crippen LogP contribution is 2.23. The molecule has 0 radical (unpaired) electrons. The van der Waals surface area contributed by atoms with Crippen LogP contribution in [0.4, 0.5) is 5.69 Å². The smallest absolute Gasteiger partial charge is 0.170 e. The number of hydrogen-bond acceptors (Lipinski definition) is 3. The van der Waals surface area contributed by atoms with Crippen molar-refractivity contribution in [2.45, 2.75) is 13.8 Å². The van der Waals surface area contributed by atoms with Crippen molar-refractivity contribution in [1.29, 1.82) is 0 Å². The van der Waals surface area contributed by atoms with E-state index in [1.807, 2.05) is 24.3 Å². The van der Waals surface area contributed by atoms with Crippen molar-refractivity contribution >= 4 is 23.0 Å². The summed E-state index contributed by atoms with van der Waals surface area (Å²) in [4.78, 5) is 2.18. The fraction of sp³-hybridized carbons (Fsp3) is 0.533. The molecule has 0 spiro atoms. The Kier molecular flexibility index (Phi) is 6.23. The number of nitrogens with zero attached hydrogens (tertiary/aromatic N) is 1. The van der Waals surface area contributed by atoms with Gasteiger partial charge in [-0.05, 0) is 43.9 Å². The van der Waals surface area contributed by atoms with E-state index in [1.165, 1.54) is 0 Å².